The molecule has 0 unspecified atom stereocenters. The minimum absolute atomic E-state index is 0.254. The Morgan fingerprint density at radius 3 is 2.38 bits per heavy atom. The molecule has 5 nitrogen and oxygen atoms in total. The fraction of sp³-hybridized carbons (Fsp3) is 0.200. The molecule has 6 heteroatoms. The van der Waals surface area contributed by atoms with E-state index < -0.39 is 10.0 Å². The number of nitrogens with one attached hydrogen (secondary N) is 2. The van der Waals surface area contributed by atoms with E-state index in [1.165, 1.54) is 7.05 Å². The number of benzene rings is 2. The highest BCUT2D eigenvalue weighted by Crippen LogP contribution is 2.20. The fourth-order valence-electron chi connectivity index (χ4n) is 1.98. The maximum Gasteiger partial charge on any atom is 0.242 e. The van der Waals surface area contributed by atoms with Crippen molar-refractivity contribution in [3.63, 3.8) is 0 Å². The van der Waals surface area contributed by atoms with Gasteiger partial charge < -0.3 is 11.1 Å². The normalized spacial score (nSPS) is 11.3. The summed E-state index contributed by atoms with van der Waals surface area (Å²) in [4.78, 5) is 0.254. The van der Waals surface area contributed by atoms with Crippen LogP contribution in [0.15, 0.2) is 53.4 Å². The molecular formula is C15H19N3O2S. The van der Waals surface area contributed by atoms with Gasteiger partial charge in [0.15, 0.2) is 0 Å². The summed E-state index contributed by atoms with van der Waals surface area (Å²) >= 11 is 0. The van der Waals surface area contributed by atoms with Crippen LogP contribution in [0, 0.1) is 0 Å². The number of anilines is 2. The maximum absolute atomic E-state index is 11.9. The van der Waals surface area contributed by atoms with Crippen LogP contribution in [0.5, 0.6) is 0 Å². The topological polar surface area (TPSA) is 84.2 Å². The van der Waals surface area contributed by atoms with Crippen molar-refractivity contribution >= 4 is 21.4 Å². The Balaban J connectivity index is 2.05. The van der Waals surface area contributed by atoms with E-state index in [0.29, 0.717) is 12.2 Å². The zero-order chi connectivity index (χ0) is 15.3. The Morgan fingerprint density at radius 1 is 1.05 bits per heavy atom. The van der Waals surface area contributed by atoms with Crippen LogP contribution in [0.25, 0.3) is 0 Å². The summed E-state index contributed by atoms with van der Waals surface area (Å²) in [6.07, 6.45) is 0.786. The van der Waals surface area contributed by atoms with Gasteiger partial charge >= 0.3 is 0 Å². The van der Waals surface area contributed by atoms with E-state index in [1.54, 1.807) is 24.3 Å². The third-order valence-corrected chi connectivity index (χ3v) is 4.63. The quantitative estimate of drug-likeness (QED) is 0.711. The van der Waals surface area contributed by atoms with Gasteiger partial charge in [0.25, 0.3) is 0 Å². The molecule has 0 bridgehead atoms. The average Bonchev–Trinajstić information content (AvgIpc) is 2.50. The second-order valence-electron chi connectivity index (χ2n) is 4.62. The molecule has 0 radical (unpaired) electrons. The summed E-state index contributed by atoms with van der Waals surface area (Å²) in [5.41, 5.74) is 8.12. The van der Waals surface area contributed by atoms with Crippen LogP contribution in [0.4, 0.5) is 11.4 Å². The summed E-state index contributed by atoms with van der Waals surface area (Å²) in [5.74, 6) is 0. The van der Waals surface area contributed by atoms with Crippen molar-refractivity contribution in [3.8, 4) is 0 Å². The van der Waals surface area contributed by atoms with Crippen LogP contribution in [0.2, 0.25) is 0 Å². The van der Waals surface area contributed by atoms with Crippen LogP contribution >= 0.6 is 0 Å². The Kier molecular flexibility index (Phi) is 4.82. The number of nitrogen functional groups attached to an aromatic ring is 1. The summed E-state index contributed by atoms with van der Waals surface area (Å²) < 4.78 is 26.2. The average molecular weight is 305 g/mol. The van der Waals surface area contributed by atoms with Crippen LogP contribution in [0.3, 0.4) is 0 Å². The van der Waals surface area contributed by atoms with E-state index in [0.717, 1.165) is 17.7 Å². The summed E-state index contributed by atoms with van der Waals surface area (Å²) in [5, 5.41) is 3.17. The van der Waals surface area contributed by atoms with E-state index in [1.807, 2.05) is 24.3 Å². The predicted octanol–water partition coefficient (Wildman–Crippen LogP) is 1.83. The molecule has 0 saturated heterocycles. The van der Waals surface area contributed by atoms with Gasteiger partial charge in [-0.2, -0.15) is 0 Å². The van der Waals surface area contributed by atoms with Crippen LogP contribution in [-0.2, 0) is 16.4 Å². The molecular weight excluding hydrogens is 286 g/mol. The van der Waals surface area contributed by atoms with Gasteiger partial charge in [0, 0.05) is 12.2 Å². The number of nitrogens with two attached hydrogens (primary N) is 1. The second-order valence-corrected chi connectivity index (χ2v) is 6.48. The molecule has 0 atom stereocenters. The first-order chi connectivity index (χ1) is 10.0. The van der Waals surface area contributed by atoms with Crippen molar-refractivity contribution in [3.05, 3.63) is 54.1 Å². The molecule has 2 aromatic carbocycles. The monoisotopic (exact) mass is 305 g/mol. The highest BCUT2D eigenvalue weighted by atomic mass is 32.2. The minimum Gasteiger partial charge on any atom is -0.399 e. The summed E-state index contributed by atoms with van der Waals surface area (Å²) in [7, 11) is -2.06. The Labute approximate surface area is 125 Å². The fourth-order valence-corrected chi connectivity index (χ4v) is 2.89. The largest absolute Gasteiger partial charge is 0.399 e. The summed E-state index contributed by atoms with van der Waals surface area (Å²) in [6, 6.07) is 14.5. The standard InChI is InChI=1S/C15H19N3O2S/c1-17-21(19,20)15-5-3-2-4-14(15)18-11-10-12-6-8-13(16)9-7-12/h2-9,17-18H,10-11,16H2,1H3. The lowest BCUT2D eigenvalue weighted by molar-refractivity contribution is 0.588. The smallest absolute Gasteiger partial charge is 0.242 e. The van der Waals surface area contributed by atoms with Crippen molar-refractivity contribution in [2.75, 3.05) is 24.6 Å². The molecule has 0 aromatic heterocycles. The molecule has 0 aliphatic carbocycles. The lowest BCUT2D eigenvalue weighted by Gasteiger charge is -2.12. The third kappa shape index (κ3) is 3.96. The highest BCUT2D eigenvalue weighted by molar-refractivity contribution is 7.89. The predicted molar refractivity (Wildman–Crippen MR) is 85.7 cm³/mol. The molecule has 0 amide bonds. The lowest BCUT2D eigenvalue weighted by Crippen LogP contribution is -2.20. The summed E-state index contributed by atoms with van der Waals surface area (Å²) in [6.45, 7) is 0.639. The van der Waals surface area contributed by atoms with Crippen molar-refractivity contribution in [2.24, 2.45) is 0 Å². The first-order valence-corrected chi connectivity index (χ1v) is 8.12. The SMILES string of the molecule is CNS(=O)(=O)c1ccccc1NCCc1ccc(N)cc1. The molecule has 0 heterocycles. The maximum atomic E-state index is 11.9. The van der Waals surface area contributed by atoms with Gasteiger partial charge in [-0.15, -0.1) is 0 Å². The van der Waals surface area contributed by atoms with Crippen LogP contribution < -0.4 is 15.8 Å². The van der Waals surface area contributed by atoms with Crippen molar-refractivity contribution in [1.29, 1.82) is 0 Å². The highest BCUT2D eigenvalue weighted by Gasteiger charge is 2.15. The molecule has 112 valence electrons. The van der Waals surface area contributed by atoms with E-state index in [-0.39, 0.29) is 4.90 Å². The van der Waals surface area contributed by atoms with Gasteiger partial charge in [-0.1, -0.05) is 24.3 Å². The van der Waals surface area contributed by atoms with Crippen LogP contribution in [0.1, 0.15) is 5.56 Å². The lowest BCUT2D eigenvalue weighted by atomic mass is 10.1. The van der Waals surface area contributed by atoms with E-state index in [2.05, 4.69) is 10.0 Å². The van der Waals surface area contributed by atoms with Crippen molar-refractivity contribution < 1.29 is 8.42 Å². The van der Waals surface area contributed by atoms with E-state index in [4.69, 9.17) is 5.73 Å². The van der Waals surface area contributed by atoms with E-state index >= 15 is 0 Å². The number of hydrogen-bond donors (Lipinski definition) is 3. The molecule has 2 rings (SSSR count). The second kappa shape index (κ2) is 6.60. The minimum atomic E-state index is -3.46. The molecule has 0 saturated carbocycles. The number of sulfonamides is 1. The first-order valence-electron chi connectivity index (χ1n) is 6.64. The van der Waals surface area contributed by atoms with Crippen molar-refractivity contribution in [2.45, 2.75) is 11.3 Å². The van der Waals surface area contributed by atoms with Gasteiger partial charge in [-0.25, -0.2) is 13.1 Å². The Hall–Kier alpha value is -2.05. The molecule has 0 aliphatic heterocycles. The zero-order valence-electron chi connectivity index (χ0n) is 11.8. The molecule has 4 N–H and O–H groups in total. The van der Waals surface area contributed by atoms with Gasteiger partial charge in [0.2, 0.25) is 10.0 Å². The van der Waals surface area contributed by atoms with Crippen molar-refractivity contribution in [1.82, 2.24) is 4.72 Å². The van der Waals surface area contributed by atoms with Gasteiger partial charge in [-0.05, 0) is 43.3 Å². The zero-order valence-corrected chi connectivity index (χ0v) is 12.7. The molecule has 2 aromatic rings. The Bertz CT molecular complexity index is 697. The number of rotatable bonds is 6. The molecule has 0 aliphatic rings. The molecule has 21 heavy (non-hydrogen) atoms. The van der Waals surface area contributed by atoms with Gasteiger partial charge in [0.1, 0.15) is 4.90 Å². The van der Waals surface area contributed by atoms with Crippen LogP contribution in [-0.4, -0.2) is 22.0 Å². The van der Waals surface area contributed by atoms with E-state index in [9.17, 15) is 8.42 Å². The number of hydrogen-bond acceptors (Lipinski definition) is 4. The molecule has 0 spiro atoms. The first kappa shape index (κ1) is 15.3. The third-order valence-electron chi connectivity index (χ3n) is 3.15. The van der Waals surface area contributed by atoms with Gasteiger partial charge in [-0.3, -0.25) is 0 Å². The Morgan fingerprint density at radius 2 is 1.71 bits per heavy atom. The van der Waals surface area contributed by atoms with Gasteiger partial charge in [0.05, 0.1) is 5.69 Å². The molecule has 0 fully saturated rings. The number of para-hydroxylation sites is 1.